The van der Waals surface area contributed by atoms with Gasteiger partial charge in [-0.05, 0) is 43.4 Å². The van der Waals surface area contributed by atoms with Gasteiger partial charge in [-0.2, -0.15) is 8.78 Å². The Bertz CT molecular complexity index is 1470. The number of amides is 1. The fraction of sp³-hybridized carbons (Fsp3) is 0.367. The Morgan fingerprint density at radius 3 is 2.45 bits per heavy atom. The third-order valence-electron chi connectivity index (χ3n) is 7.89. The lowest BCUT2D eigenvalue weighted by Crippen LogP contribution is -2.49. The first-order valence-corrected chi connectivity index (χ1v) is 13.7. The van der Waals surface area contributed by atoms with E-state index in [0.29, 0.717) is 31.2 Å². The summed E-state index contributed by atoms with van der Waals surface area (Å²) in [5.74, 6) is -4.42. The van der Waals surface area contributed by atoms with Crippen molar-refractivity contribution in [1.82, 2.24) is 5.32 Å². The molecule has 0 saturated heterocycles. The van der Waals surface area contributed by atoms with Gasteiger partial charge >= 0.3 is 6.61 Å². The minimum Gasteiger partial charge on any atom is -0.478 e. The summed E-state index contributed by atoms with van der Waals surface area (Å²) in [6, 6.07) is 11.9. The number of aliphatic hydroxyl groups excluding tert-OH is 1. The Hall–Kier alpha value is -3.38. The van der Waals surface area contributed by atoms with Crippen LogP contribution in [0.4, 0.5) is 17.6 Å². The summed E-state index contributed by atoms with van der Waals surface area (Å²) in [6.07, 6.45) is 1.27. The van der Waals surface area contributed by atoms with E-state index in [0.717, 1.165) is 18.2 Å². The number of primary amides is 1. The molecule has 42 heavy (non-hydrogen) atoms. The van der Waals surface area contributed by atoms with E-state index in [1.54, 1.807) is 24.3 Å². The zero-order valence-electron chi connectivity index (χ0n) is 22.5. The molecule has 0 bridgehead atoms. The third-order valence-corrected chi connectivity index (χ3v) is 8.26. The maximum atomic E-state index is 15.9. The predicted molar refractivity (Wildman–Crippen MR) is 147 cm³/mol. The first-order chi connectivity index (χ1) is 20.1. The van der Waals surface area contributed by atoms with Crippen molar-refractivity contribution < 1.29 is 41.7 Å². The first kappa shape index (κ1) is 30.1. The molecule has 5 rings (SSSR count). The number of carbonyl (C=O) groups is 1. The van der Waals surface area contributed by atoms with Crippen LogP contribution in [0.15, 0.2) is 48.5 Å². The molecule has 0 aromatic heterocycles. The molecule has 1 aliphatic heterocycles. The number of benzene rings is 3. The molecule has 0 radical (unpaired) electrons. The van der Waals surface area contributed by atoms with E-state index in [4.69, 9.17) is 26.8 Å². The van der Waals surface area contributed by atoms with E-state index in [9.17, 15) is 18.7 Å². The summed E-state index contributed by atoms with van der Waals surface area (Å²) in [5.41, 5.74) is 3.56. The number of nitrogens with one attached hydrogen (secondary N) is 1. The topological polar surface area (TPSA) is 103 Å². The Labute approximate surface area is 244 Å². The maximum absolute atomic E-state index is 15.9. The van der Waals surface area contributed by atoms with Crippen LogP contribution in [0.2, 0.25) is 5.02 Å². The van der Waals surface area contributed by atoms with Crippen molar-refractivity contribution in [2.75, 3.05) is 13.7 Å². The predicted octanol–water partition coefficient (Wildman–Crippen LogP) is 5.85. The number of alkyl halides is 2. The molecule has 4 N–H and O–H groups in total. The Kier molecular flexibility index (Phi) is 8.66. The van der Waals surface area contributed by atoms with Gasteiger partial charge < -0.3 is 30.4 Å². The smallest absolute Gasteiger partial charge is 0.387 e. The standard InChI is InChI=1S/C30H29ClF4N2O5/c1-40-27-23-21(42-30(27,15-5-3-2-4-6-15)14-37-16-7-9-17(38)10-8-16)13-19(32)25(31)24(23)22-18(28(36)39)11-12-20(26(22)33)41-29(34)35/h2-6,11-13,16-17,27,29,37-38H,7-10,14H2,1H3,(H2,36,39)/t16?,17?,27-,30+/m0/s1. The van der Waals surface area contributed by atoms with Gasteiger partial charge in [-0.3, -0.25) is 4.79 Å². The number of fused-ring (bicyclic) bond motifs is 1. The van der Waals surface area contributed by atoms with Crippen LogP contribution < -0.4 is 20.5 Å². The van der Waals surface area contributed by atoms with Crippen LogP contribution in [0.1, 0.15) is 53.3 Å². The van der Waals surface area contributed by atoms with Crippen molar-refractivity contribution in [3.05, 3.63) is 81.9 Å². The molecule has 224 valence electrons. The Balaban J connectivity index is 1.71. The summed E-state index contributed by atoms with van der Waals surface area (Å²) in [7, 11) is 1.39. The number of carbonyl (C=O) groups excluding carboxylic acids is 1. The van der Waals surface area contributed by atoms with E-state index >= 15 is 8.78 Å². The Morgan fingerprint density at radius 1 is 1.14 bits per heavy atom. The van der Waals surface area contributed by atoms with Crippen LogP contribution in [0.5, 0.6) is 11.5 Å². The lowest BCUT2D eigenvalue weighted by atomic mass is 9.82. The molecule has 1 aliphatic carbocycles. The second kappa shape index (κ2) is 12.1. The number of hydrogen-bond acceptors (Lipinski definition) is 6. The lowest BCUT2D eigenvalue weighted by molar-refractivity contribution is -0.0577. The van der Waals surface area contributed by atoms with Gasteiger partial charge in [0.1, 0.15) is 17.7 Å². The van der Waals surface area contributed by atoms with E-state index in [2.05, 4.69) is 10.1 Å². The van der Waals surface area contributed by atoms with Gasteiger partial charge in [-0.1, -0.05) is 41.9 Å². The van der Waals surface area contributed by atoms with Gasteiger partial charge in [0, 0.05) is 42.5 Å². The normalized spacial score (nSPS) is 23.5. The maximum Gasteiger partial charge on any atom is 0.387 e. The zero-order chi connectivity index (χ0) is 30.2. The van der Waals surface area contributed by atoms with E-state index in [1.807, 2.05) is 6.07 Å². The summed E-state index contributed by atoms with van der Waals surface area (Å²) >= 11 is 6.46. The minimum atomic E-state index is -3.38. The highest BCUT2D eigenvalue weighted by Gasteiger charge is 2.53. The number of rotatable bonds is 9. The van der Waals surface area contributed by atoms with Crippen molar-refractivity contribution >= 4 is 17.5 Å². The molecule has 1 heterocycles. The van der Waals surface area contributed by atoms with E-state index in [-0.39, 0.29) is 35.6 Å². The molecule has 0 unspecified atom stereocenters. The average Bonchev–Trinajstić information content (AvgIpc) is 3.28. The number of ether oxygens (including phenoxy) is 3. The number of nitrogens with two attached hydrogens (primary N) is 1. The van der Waals surface area contributed by atoms with E-state index in [1.165, 1.54) is 7.11 Å². The molecule has 1 saturated carbocycles. The van der Waals surface area contributed by atoms with Gasteiger partial charge in [-0.25, -0.2) is 8.78 Å². The number of hydrogen-bond donors (Lipinski definition) is 3. The summed E-state index contributed by atoms with van der Waals surface area (Å²) in [6.45, 7) is -3.23. The molecule has 2 atom stereocenters. The number of aliphatic hydroxyl groups is 1. The fourth-order valence-corrected chi connectivity index (χ4v) is 6.18. The minimum absolute atomic E-state index is 0.0423. The molecule has 3 aromatic carbocycles. The molecular formula is C30H29ClF4N2O5. The van der Waals surface area contributed by atoms with Crippen LogP contribution in [-0.4, -0.2) is 43.4 Å². The first-order valence-electron chi connectivity index (χ1n) is 13.4. The Morgan fingerprint density at radius 2 is 1.83 bits per heavy atom. The van der Waals surface area contributed by atoms with E-state index < -0.39 is 57.8 Å². The van der Waals surface area contributed by atoms with Crippen molar-refractivity contribution in [3.63, 3.8) is 0 Å². The molecule has 1 amide bonds. The molecule has 2 aliphatic rings. The van der Waals surface area contributed by atoms with Crippen molar-refractivity contribution in [2.45, 2.75) is 56.1 Å². The van der Waals surface area contributed by atoms with Crippen molar-refractivity contribution in [3.8, 4) is 22.6 Å². The monoisotopic (exact) mass is 608 g/mol. The van der Waals surface area contributed by atoms with Gasteiger partial charge in [0.15, 0.2) is 17.2 Å². The molecular weight excluding hydrogens is 580 g/mol. The van der Waals surface area contributed by atoms with Crippen molar-refractivity contribution in [2.24, 2.45) is 5.73 Å². The van der Waals surface area contributed by atoms with Gasteiger partial charge in [-0.15, -0.1) is 0 Å². The SMILES string of the molecule is CO[C@H]1c2c(cc(F)c(Cl)c2-c2c(C(N)=O)ccc(OC(F)F)c2F)O[C@]1(CNC1CCC(O)CC1)c1ccccc1. The van der Waals surface area contributed by atoms with Crippen LogP contribution in [-0.2, 0) is 10.3 Å². The summed E-state index contributed by atoms with van der Waals surface area (Å²) in [4.78, 5) is 12.4. The number of methoxy groups -OCH3 is 1. The van der Waals surface area contributed by atoms with Crippen LogP contribution in [0.25, 0.3) is 11.1 Å². The second-order valence-electron chi connectivity index (χ2n) is 10.4. The van der Waals surface area contributed by atoms with Crippen LogP contribution in [0.3, 0.4) is 0 Å². The summed E-state index contributed by atoms with van der Waals surface area (Å²) in [5, 5.41) is 12.8. The van der Waals surface area contributed by atoms with Crippen LogP contribution in [0, 0.1) is 11.6 Å². The highest BCUT2D eigenvalue weighted by molar-refractivity contribution is 6.34. The largest absolute Gasteiger partial charge is 0.478 e. The molecule has 12 heteroatoms. The molecule has 1 fully saturated rings. The van der Waals surface area contributed by atoms with Gasteiger partial charge in [0.05, 0.1) is 16.7 Å². The quantitative estimate of drug-likeness (QED) is 0.263. The fourth-order valence-electron chi connectivity index (χ4n) is 5.93. The highest BCUT2D eigenvalue weighted by Crippen LogP contribution is 2.57. The number of halogens is 5. The zero-order valence-corrected chi connectivity index (χ0v) is 23.3. The molecule has 3 aromatic rings. The second-order valence-corrected chi connectivity index (χ2v) is 10.7. The third kappa shape index (κ3) is 5.42. The highest BCUT2D eigenvalue weighted by atomic mass is 35.5. The molecule has 7 nitrogen and oxygen atoms in total. The summed E-state index contributed by atoms with van der Waals surface area (Å²) < 4.78 is 74.3. The lowest BCUT2D eigenvalue weighted by Gasteiger charge is -2.37. The van der Waals surface area contributed by atoms with Crippen LogP contribution >= 0.6 is 11.6 Å². The van der Waals surface area contributed by atoms with Gasteiger partial charge in [0.2, 0.25) is 5.91 Å². The molecule has 0 spiro atoms. The van der Waals surface area contributed by atoms with Gasteiger partial charge in [0.25, 0.3) is 0 Å². The van der Waals surface area contributed by atoms with Crippen molar-refractivity contribution in [1.29, 1.82) is 0 Å². The average molecular weight is 609 g/mol.